The lowest BCUT2D eigenvalue weighted by molar-refractivity contribution is 0.596. The number of hydrogen-bond donors (Lipinski definition) is 2. The largest absolute Gasteiger partial charge is 0.393 e. The molecule has 1 aliphatic heterocycles. The summed E-state index contributed by atoms with van der Waals surface area (Å²) in [5.41, 5.74) is 10.8. The third-order valence-electron chi connectivity index (χ3n) is 5.28. The van der Waals surface area contributed by atoms with Gasteiger partial charge in [0.15, 0.2) is 11.6 Å². The molecule has 3 aromatic rings. The highest BCUT2D eigenvalue weighted by Crippen LogP contribution is 2.31. The number of nitrogens with one attached hydrogen (secondary N) is 1. The van der Waals surface area contributed by atoms with Crippen molar-refractivity contribution in [3.8, 4) is 0 Å². The number of nitrogens with two attached hydrogens (primary N) is 1. The van der Waals surface area contributed by atoms with Crippen LogP contribution in [0.25, 0.3) is 0 Å². The summed E-state index contributed by atoms with van der Waals surface area (Å²) < 4.78 is 14.1. The van der Waals surface area contributed by atoms with Crippen molar-refractivity contribution in [3.63, 3.8) is 0 Å². The second-order valence-electron chi connectivity index (χ2n) is 7.33. The molecule has 1 aromatic heterocycles. The monoisotopic (exact) mass is 392 g/mol. The second-order valence-corrected chi connectivity index (χ2v) is 7.33. The number of piperazine rings is 1. The zero-order chi connectivity index (χ0) is 20.4. The Kier molecular flexibility index (Phi) is 5.20. The summed E-state index contributed by atoms with van der Waals surface area (Å²) in [6.07, 6.45) is 1.53. The van der Waals surface area contributed by atoms with Crippen LogP contribution in [0.5, 0.6) is 0 Å². The molecule has 0 spiro atoms. The number of hydrogen-bond acceptors (Lipinski definition) is 6. The molecular formula is C22H25FN6. The number of anilines is 5. The minimum Gasteiger partial charge on any atom is -0.393 e. The third-order valence-corrected chi connectivity index (χ3v) is 5.28. The van der Waals surface area contributed by atoms with Crippen molar-refractivity contribution >= 4 is 28.7 Å². The average molecular weight is 392 g/mol. The Morgan fingerprint density at radius 2 is 1.69 bits per heavy atom. The molecule has 1 saturated heterocycles. The number of rotatable bonds is 4. The molecule has 0 aliphatic carbocycles. The molecule has 150 valence electrons. The Morgan fingerprint density at radius 3 is 2.45 bits per heavy atom. The normalized spacial score (nSPS) is 14.2. The van der Waals surface area contributed by atoms with Crippen LogP contribution in [-0.2, 0) is 0 Å². The van der Waals surface area contributed by atoms with E-state index in [-0.39, 0.29) is 5.82 Å². The van der Waals surface area contributed by atoms with E-state index in [0.29, 0.717) is 49.2 Å². The highest BCUT2D eigenvalue weighted by Gasteiger charge is 2.23. The van der Waals surface area contributed by atoms with Gasteiger partial charge in [0.05, 0.1) is 5.69 Å². The Bertz CT molecular complexity index is 1010. The summed E-state index contributed by atoms with van der Waals surface area (Å²) in [7, 11) is 0. The quantitative estimate of drug-likeness (QED) is 0.702. The summed E-state index contributed by atoms with van der Waals surface area (Å²) >= 11 is 0. The SMILES string of the molecule is Cc1ccc(C)c(Nc2ncnc(N3CCN(c4ccccc4F)CC3)c2N)c1. The molecule has 1 aliphatic rings. The van der Waals surface area contributed by atoms with Gasteiger partial charge in [0.25, 0.3) is 0 Å². The van der Waals surface area contributed by atoms with Crippen LogP contribution in [0.1, 0.15) is 11.1 Å². The Balaban J connectivity index is 1.51. The molecule has 29 heavy (non-hydrogen) atoms. The minimum atomic E-state index is -0.192. The topological polar surface area (TPSA) is 70.3 Å². The zero-order valence-corrected chi connectivity index (χ0v) is 16.7. The minimum absolute atomic E-state index is 0.192. The molecule has 4 rings (SSSR count). The fraction of sp³-hybridized carbons (Fsp3) is 0.273. The van der Waals surface area contributed by atoms with Gasteiger partial charge >= 0.3 is 0 Å². The van der Waals surface area contributed by atoms with E-state index in [0.717, 1.165) is 16.8 Å². The van der Waals surface area contributed by atoms with E-state index in [1.165, 1.54) is 12.4 Å². The van der Waals surface area contributed by atoms with Gasteiger partial charge in [0, 0.05) is 31.9 Å². The molecule has 2 heterocycles. The number of benzene rings is 2. The lowest BCUT2D eigenvalue weighted by atomic mass is 10.1. The lowest BCUT2D eigenvalue weighted by Crippen LogP contribution is -2.47. The molecule has 1 fully saturated rings. The van der Waals surface area contributed by atoms with Gasteiger partial charge in [-0.1, -0.05) is 24.3 Å². The van der Waals surface area contributed by atoms with Gasteiger partial charge in [-0.05, 0) is 43.2 Å². The molecule has 0 atom stereocenters. The maximum Gasteiger partial charge on any atom is 0.159 e. The van der Waals surface area contributed by atoms with Crippen LogP contribution in [0.15, 0.2) is 48.8 Å². The third kappa shape index (κ3) is 3.94. The number of para-hydroxylation sites is 1. The smallest absolute Gasteiger partial charge is 0.159 e. The molecule has 6 nitrogen and oxygen atoms in total. The van der Waals surface area contributed by atoms with Crippen molar-refractivity contribution in [2.45, 2.75) is 13.8 Å². The highest BCUT2D eigenvalue weighted by molar-refractivity contribution is 5.79. The number of nitrogen functional groups attached to an aromatic ring is 1. The first kappa shape index (κ1) is 19.0. The maximum atomic E-state index is 14.1. The first-order chi connectivity index (χ1) is 14.0. The van der Waals surface area contributed by atoms with Gasteiger partial charge in [0.1, 0.15) is 17.8 Å². The van der Waals surface area contributed by atoms with E-state index >= 15 is 0 Å². The number of aryl methyl sites for hydroxylation is 2. The Morgan fingerprint density at radius 1 is 0.966 bits per heavy atom. The van der Waals surface area contributed by atoms with Crippen molar-refractivity contribution in [1.82, 2.24) is 9.97 Å². The van der Waals surface area contributed by atoms with E-state index < -0.39 is 0 Å². The number of halogens is 1. The van der Waals surface area contributed by atoms with Crippen molar-refractivity contribution in [1.29, 1.82) is 0 Å². The molecule has 0 saturated carbocycles. The van der Waals surface area contributed by atoms with E-state index in [2.05, 4.69) is 50.2 Å². The van der Waals surface area contributed by atoms with E-state index in [1.54, 1.807) is 6.07 Å². The molecular weight excluding hydrogens is 367 g/mol. The van der Waals surface area contributed by atoms with Crippen LogP contribution < -0.4 is 20.9 Å². The van der Waals surface area contributed by atoms with Crippen molar-refractivity contribution in [2.75, 3.05) is 47.0 Å². The molecule has 7 heteroatoms. The second kappa shape index (κ2) is 7.95. The van der Waals surface area contributed by atoms with Gasteiger partial charge in [-0.2, -0.15) is 0 Å². The predicted molar refractivity (Wildman–Crippen MR) is 116 cm³/mol. The van der Waals surface area contributed by atoms with Crippen molar-refractivity contribution in [3.05, 3.63) is 65.7 Å². The Labute approximate surface area is 170 Å². The summed E-state index contributed by atoms with van der Waals surface area (Å²) in [4.78, 5) is 12.9. The lowest BCUT2D eigenvalue weighted by Gasteiger charge is -2.37. The summed E-state index contributed by atoms with van der Waals surface area (Å²) in [6, 6.07) is 13.1. The first-order valence-corrected chi connectivity index (χ1v) is 9.72. The molecule has 0 unspecified atom stereocenters. The van der Waals surface area contributed by atoms with E-state index in [9.17, 15) is 4.39 Å². The van der Waals surface area contributed by atoms with Crippen LogP contribution in [0.3, 0.4) is 0 Å². The standard InChI is InChI=1S/C22H25FN6/c1-15-7-8-16(2)18(13-15)27-21-20(24)22(26-14-25-21)29-11-9-28(10-12-29)19-6-4-3-5-17(19)23/h3-8,13-14H,9-12,24H2,1-2H3,(H,25,26,27). The Hall–Kier alpha value is -3.35. The molecule has 0 amide bonds. The van der Waals surface area contributed by atoms with Crippen molar-refractivity contribution in [2.24, 2.45) is 0 Å². The van der Waals surface area contributed by atoms with Gasteiger partial charge in [-0.3, -0.25) is 0 Å². The van der Waals surface area contributed by atoms with Crippen LogP contribution in [0, 0.1) is 19.7 Å². The molecule has 0 bridgehead atoms. The summed E-state index contributed by atoms with van der Waals surface area (Å²) in [5, 5.41) is 3.34. The average Bonchev–Trinajstić information content (AvgIpc) is 2.73. The highest BCUT2D eigenvalue weighted by atomic mass is 19.1. The van der Waals surface area contributed by atoms with Gasteiger partial charge in [0.2, 0.25) is 0 Å². The predicted octanol–water partition coefficient (Wildman–Crippen LogP) is 3.88. The number of aromatic nitrogens is 2. The van der Waals surface area contributed by atoms with Gasteiger partial charge in [-0.25, -0.2) is 14.4 Å². The molecule has 3 N–H and O–H groups in total. The molecule has 2 aromatic carbocycles. The first-order valence-electron chi connectivity index (χ1n) is 9.72. The number of nitrogens with zero attached hydrogens (tertiary/aromatic N) is 4. The maximum absolute atomic E-state index is 14.1. The fourth-order valence-electron chi connectivity index (χ4n) is 3.60. The van der Waals surface area contributed by atoms with E-state index in [4.69, 9.17) is 5.73 Å². The van der Waals surface area contributed by atoms with Gasteiger partial charge < -0.3 is 20.9 Å². The van der Waals surface area contributed by atoms with Crippen LogP contribution in [0.2, 0.25) is 0 Å². The van der Waals surface area contributed by atoms with Crippen molar-refractivity contribution < 1.29 is 4.39 Å². The summed E-state index contributed by atoms with van der Waals surface area (Å²) in [6.45, 7) is 6.90. The van der Waals surface area contributed by atoms with E-state index in [1.807, 2.05) is 19.1 Å². The van der Waals surface area contributed by atoms with Crippen LogP contribution in [-0.4, -0.2) is 36.1 Å². The van der Waals surface area contributed by atoms with Gasteiger partial charge in [-0.15, -0.1) is 0 Å². The summed E-state index contributed by atoms with van der Waals surface area (Å²) in [5.74, 6) is 1.11. The zero-order valence-electron chi connectivity index (χ0n) is 16.7. The fourth-order valence-corrected chi connectivity index (χ4v) is 3.60. The molecule has 0 radical (unpaired) electrons. The van der Waals surface area contributed by atoms with Crippen LogP contribution in [0.4, 0.5) is 33.1 Å². The van der Waals surface area contributed by atoms with Crippen LogP contribution >= 0.6 is 0 Å².